The summed E-state index contributed by atoms with van der Waals surface area (Å²) in [5.41, 5.74) is 4.02. The molecule has 0 heterocycles. The van der Waals surface area contributed by atoms with E-state index < -0.39 is 0 Å². The van der Waals surface area contributed by atoms with E-state index in [-0.39, 0.29) is 11.9 Å². The number of halogens is 2. The molecule has 0 spiro atoms. The van der Waals surface area contributed by atoms with Gasteiger partial charge in [-0.3, -0.25) is 0 Å². The summed E-state index contributed by atoms with van der Waals surface area (Å²) in [7, 11) is 0. The molecule has 0 fully saturated rings. The predicted molar refractivity (Wildman–Crippen MR) is 87.5 cm³/mol. The van der Waals surface area contributed by atoms with E-state index in [1.165, 1.54) is 0 Å². The summed E-state index contributed by atoms with van der Waals surface area (Å²) < 4.78 is 13.7. The fourth-order valence-electron chi connectivity index (χ4n) is 2.50. The maximum absolute atomic E-state index is 13.7. The van der Waals surface area contributed by atoms with E-state index in [4.69, 9.17) is 11.6 Å². The SMILES string of the molecule is CCCNC(c1cc(C)cc(F)c1)c1ccc(Cl)c(C)c1. The van der Waals surface area contributed by atoms with Gasteiger partial charge < -0.3 is 5.32 Å². The topological polar surface area (TPSA) is 12.0 Å². The molecule has 1 unspecified atom stereocenters. The highest BCUT2D eigenvalue weighted by molar-refractivity contribution is 6.31. The highest BCUT2D eigenvalue weighted by Gasteiger charge is 2.15. The number of hydrogen-bond donors (Lipinski definition) is 1. The van der Waals surface area contributed by atoms with Crippen molar-refractivity contribution in [1.29, 1.82) is 0 Å². The molecule has 21 heavy (non-hydrogen) atoms. The van der Waals surface area contributed by atoms with Crippen LogP contribution < -0.4 is 5.32 Å². The second-order valence-corrected chi connectivity index (χ2v) is 5.86. The smallest absolute Gasteiger partial charge is 0.123 e. The lowest BCUT2D eigenvalue weighted by Gasteiger charge is -2.21. The highest BCUT2D eigenvalue weighted by atomic mass is 35.5. The molecule has 1 atom stereocenters. The number of rotatable bonds is 5. The Morgan fingerprint density at radius 3 is 2.48 bits per heavy atom. The molecule has 2 rings (SSSR count). The Morgan fingerprint density at radius 2 is 1.86 bits per heavy atom. The van der Waals surface area contributed by atoms with E-state index in [0.717, 1.165) is 40.2 Å². The molecule has 0 amide bonds. The minimum absolute atomic E-state index is 0.0182. The molecule has 1 nitrogen and oxygen atoms in total. The molecule has 0 saturated heterocycles. The number of aryl methyl sites for hydroxylation is 2. The first kappa shape index (κ1) is 16.0. The molecule has 0 aliphatic heterocycles. The van der Waals surface area contributed by atoms with E-state index >= 15 is 0 Å². The van der Waals surface area contributed by atoms with Gasteiger partial charge in [-0.15, -0.1) is 0 Å². The Morgan fingerprint density at radius 1 is 1.10 bits per heavy atom. The fourth-order valence-corrected chi connectivity index (χ4v) is 2.61. The zero-order chi connectivity index (χ0) is 15.4. The molecule has 0 bridgehead atoms. The van der Waals surface area contributed by atoms with Gasteiger partial charge in [0.25, 0.3) is 0 Å². The third kappa shape index (κ3) is 4.05. The maximum Gasteiger partial charge on any atom is 0.123 e. The molecule has 0 aliphatic carbocycles. The zero-order valence-electron chi connectivity index (χ0n) is 12.7. The van der Waals surface area contributed by atoms with E-state index in [1.54, 1.807) is 12.1 Å². The lowest BCUT2D eigenvalue weighted by Crippen LogP contribution is -2.23. The molecule has 112 valence electrons. The average molecular weight is 306 g/mol. The molecule has 0 radical (unpaired) electrons. The van der Waals surface area contributed by atoms with E-state index in [0.29, 0.717) is 0 Å². The fraction of sp³-hybridized carbons (Fsp3) is 0.333. The van der Waals surface area contributed by atoms with Crippen LogP contribution in [0.5, 0.6) is 0 Å². The molecule has 0 aromatic heterocycles. The van der Waals surface area contributed by atoms with Crippen LogP contribution in [0, 0.1) is 19.7 Å². The van der Waals surface area contributed by atoms with Crippen LogP contribution in [-0.4, -0.2) is 6.54 Å². The minimum atomic E-state index is -0.195. The second-order valence-electron chi connectivity index (χ2n) is 5.46. The van der Waals surface area contributed by atoms with Crippen LogP contribution in [0.1, 0.15) is 41.6 Å². The van der Waals surface area contributed by atoms with Crippen molar-refractivity contribution in [3.8, 4) is 0 Å². The summed E-state index contributed by atoms with van der Waals surface area (Å²) in [6.07, 6.45) is 1.03. The summed E-state index contributed by atoms with van der Waals surface area (Å²) in [6.45, 7) is 6.89. The van der Waals surface area contributed by atoms with Gasteiger partial charge in [-0.1, -0.05) is 36.7 Å². The van der Waals surface area contributed by atoms with Crippen molar-refractivity contribution < 1.29 is 4.39 Å². The highest BCUT2D eigenvalue weighted by Crippen LogP contribution is 2.27. The first-order chi connectivity index (χ1) is 10.0. The third-order valence-electron chi connectivity index (χ3n) is 3.51. The van der Waals surface area contributed by atoms with E-state index in [2.05, 4.69) is 18.3 Å². The Kier molecular flexibility index (Phi) is 5.38. The van der Waals surface area contributed by atoms with Crippen molar-refractivity contribution in [1.82, 2.24) is 5.32 Å². The van der Waals surface area contributed by atoms with Crippen molar-refractivity contribution in [2.24, 2.45) is 0 Å². The zero-order valence-corrected chi connectivity index (χ0v) is 13.5. The minimum Gasteiger partial charge on any atom is -0.306 e. The largest absolute Gasteiger partial charge is 0.306 e. The Bertz CT molecular complexity index is 604. The standard InChI is InChI=1S/C18H21ClFN/c1-4-7-21-18(14-5-6-17(19)13(3)10-14)15-8-12(2)9-16(20)11-15/h5-6,8-11,18,21H,4,7H2,1-3H3. The van der Waals surface area contributed by atoms with Crippen molar-refractivity contribution in [2.45, 2.75) is 33.2 Å². The molecular formula is C18H21ClFN. The summed E-state index contributed by atoms with van der Waals surface area (Å²) >= 11 is 6.11. The third-order valence-corrected chi connectivity index (χ3v) is 3.94. The van der Waals surface area contributed by atoms with Crippen LogP contribution >= 0.6 is 11.6 Å². The van der Waals surface area contributed by atoms with Crippen molar-refractivity contribution in [3.63, 3.8) is 0 Å². The van der Waals surface area contributed by atoms with Crippen LogP contribution in [-0.2, 0) is 0 Å². The summed E-state index contributed by atoms with van der Waals surface area (Å²) in [4.78, 5) is 0. The molecule has 0 saturated carbocycles. The quantitative estimate of drug-likeness (QED) is 0.802. The van der Waals surface area contributed by atoms with Gasteiger partial charge in [-0.2, -0.15) is 0 Å². The van der Waals surface area contributed by atoms with Crippen molar-refractivity contribution >= 4 is 11.6 Å². The number of nitrogens with one attached hydrogen (secondary N) is 1. The van der Waals surface area contributed by atoms with E-state index in [9.17, 15) is 4.39 Å². The van der Waals surface area contributed by atoms with Gasteiger partial charge in [-0.05, 0) is 67.3 Å². The summed E-state index contributed by atoms with van der Waals surface area (Å²) in [5.74, 6) is -0.195. The van der Waals surface area contributed by atoms with Gasteiger partial charge in [0.2, 0.25) is 0 Å². The van der Waals surface area contributed by atoms with E-state index in [1.807, 2.05) is 32.0 Å². The van der Waals surface area contributed by atoms with Gasteiger partial charge in [-0.25, -0.2) is 4.39 Å². The molecule has 1 N–H and O–H groups in total. The van der Waals surface area contributed by atoms with Crippen LogP contribution in [0.4, 0.5) is 4.39 Å². The van der Waals surface area contributed by atoms with Crippen molar-refractivity contribution in [3.05, 3.63) is 69.5 Å². The lowest BCUT2D eigenvalue weighted by atomic mass is 9.96. The van der Waals surface area contributed by atoms with Crippen molar-refractivity contribution in [2.75, 3.05) is 6.54 Å². The van der Waals surface area contributed by atoms with Crippen LogP contribution in [0.3, 0.4) is 0 Å². The van der Waals surface area contributed by atoms with Gasteiger partial charge in [0, 0.05) is 5.02 Å². The van der Waals surface area contributed by atoms with Crippen LogP contribution in [0.2, 0.25) is 5.02 Å². The average Bonchev–Trinajstić information content (AvgIpc) is 2.42. The van der Waals surface area contributed by atoms with Gasteiger partial charge in [0.15, 0.2) is 0 Å². The van der Waals surface area contributed by atoms with Crippen LogP contribution in [0.25, 0.3) is 0 Å². The summed E-state index contributed by atoms with van der Waals surface area (Å²) in [5, 5.41) is 4.25. The monoisotopic (exact) mass is 305 g/mol. The van der Waals surface area contributed by atoms with Gasteiger partial charge in [0.1, 0.15) is 5.82 Å². The first-order valence-electron chi connectivity index (χ1n) is 7.27. The molecule has 0 aliphatic rings. The first-order valence-corrected chi connectivity index (χ1v) is 7.65. The Balaban J connectivity index is 2.43. The van der Waals surface area contributed by atoms with Crippen LogP contribution in [0.15, 0.2) is 36.4 Å². The Labute approximate surface area is 131 Å². The lowest BCUT2D eigenvalue weighted by molar-refractivity contribution is 0.584. The molecule has 3 heteroatoms. The number of benzene rings is 2. The molecule has 2 aromatic rings. The molecular weight excluding hydrogens is 285 g/mol. The maximum atomic E-state index is 13.7. The molecule has 2 aromatic carbocycles. The summed E-state index contributed by atoms with van der Waals surface area (Å²) in [6, 6.07) is 11.1. The predicted octanol–water partition coefficient (Wildman–Crippen LogP) is 5.18. The van der Waals surface area contributed by atoms with Gasteiger partial charge in [0.05, 0.1) is 6.04 Å². The number of hydrogen-bond acceptors (Lipinski definition) is 1. The Hall–Kier alpha value is -1.38. The normalized spacial score (nSPS) is 12.4. The van der Waals surface area contributed by atoms with Gasteiger partial charge >= 0.3 is 0 Å². The second kappa shape index (κ2) is 7.06.